The van der Waals surface area contributed by atoms with Gasteiger partial charge in [-0.15, -0.1) is 0 Å². The Labute approximate surface area is 83.8 Å². The standard InChI is InChI=1S/C12H14N2/c1-9-2-5-12-10(8-9)3-4-11(14-12)6-7-13/h2-5,8H,6-7,13H2,1H3. The second kappa shape index (κ2) is 3.76. The summed E-state index contributed by atoms with van der Waals surface area (Å²) < 4.78 is 0. The summed E-state index contributed by atoms with van der Waals surface area (Å²) in [6.45, 7) is 2.75. The molecule has 1 aromatic carbocycles. The summed E-state index contributed by atoms with van der Waals surface area (Å²) in [4.78, 5) is 4.53. The van der Waals surface area contributed by atoms with Crippen LogP contribution in [-0.2, 0) is 6.42 Å². The van der Waals surface area contributed by atoms with Gasteiger partial charge < -0.3 is 5.73 Å². The van der Waals surface area contributed by atoms with Gasteiger partial charge in [0.15, 0.2) is 0 Å². The molecule has 1 aromatic heterocycles. The highest BCUT2D eigenvalue weighted by molar-refractivity contribution is 5.79. The van der Waals surface area contributed by atoms with Crippen molar-refractivity contribution in [2.24, 2.45) is 5.73 Å². The van der Waals surface area contributed by atoms with E-state index in [2.05, 4.69) is 42.2 Å². The molecule has 0 atom stereocenters. The SMILES string of the molecule is Cc1ccc2nc(CCN)ccc2c1. The molecule has 2 nitrogen and oxygen atoms in total. The van der Waals surface area contributed by atoms with E-state index in [1.54, 1.807) is 0 Å². The van der Waals surface area contributed by atoms with Gasteiger partial charge in [0.25, 0.3) is 0 Å². The number of aryl methyl sites for hydroxylation is 1. The summed E-state index contributed by atoms with van der Waals surface area (Å²) in [6.07, 6.45) is 0.851. The normalized spacial score (nSPS) is 10.7. The van der Waals surface area contributed by atoms with Crippen molar-refractivity contribution in [3.63, 3.8) is 0 Å². The van der Waals surface area contributed by atoms with Crippen LogP contribution < -0.4 is 5.73 Å². The van der Waals surface area contributed by atoms with Crippen LogP contribution in [0.5, 0.6) is 0 Å². The summed E-state index contributed by atoms with van der Waals surface area (Å²) >= 11 is 0. The summed E-state index contributed by atoms with van der Waals surface area (Å²) in [7, 11) is 0. The quantitative estimate of drug-likeness (QED) is 0.779. The minimum atomic E-state index is 0.657. The minimum Gasteiger partial charge on any atom is -0.330 e. The van der Waals surface area contributed by atoms with Crippen LogP contribution in [0.2, 0.25) is 0 Å². The lowest BCUT2D eigenvalue weighted by molar-refractivity contribution is 0.932. The van der Waals surface area contributed by atoms with Crippen molar-refractivity contribution in [3.05, 3.63) is 41.6 Å². The highest BCUT2D eigenvalue weighted by Gasteiger charge is 1.97. The Bertz CT molecular complexity index is 449. The van der Waals surface area contributed by atoms with Gasteiger partial charge in [0.2, 0.25) is 0 Å². The average molecular weight is 186 g/mol. The predicted octanol–water partition coefficient (Wildman–Crippen LogP) is 2.04. The molecule has 0 unspecified atom stereocenters. The van der Waals surface area contributed by atoms with Crippen LogP contribution in [0, 0.1) is 6.92 Å². The van der Waals surface area contributed by atoms with Crippen LogP contribution in [-0.4, -0.2) is 11.5 Å². The first-order valence-electron chi connectivity index (χ1n) is 4.86. The van der Waals surface area contributed by atoms with Gasteiger partial charge in [0.1, 0.15) is 0 Å². The summed E-state index contributed by atoms with van der Waals surface area (Å²) in [5, 5.41) is 1.20. The van der Waals surface area contributed by atoms with E-state index in [9.17, 15) is 0 Å². The van der Waals surface area contributed by atoms with Crippen molar-refractivity contribution in [2.45, 2.75) is 13.3 Å². The van der Waals surface area contributed by atoms with Crippen molar-refractivity contribution >= 4 is 10.9 Å². The fourth-order valence-corrected chi connectivity index (χ4v) is 1.57. The fourth-order valence-electron chi connectivity index (χ4n) is 1.57. The molecule has 0 bridgehead atoms. The molecular weight excluding hydrogens is 172 g/mol. The second-order valence-corrected chi connectivity index (χ2v) is 3.54. The Morgan fingerprint density at radius 1 is 1.21 bits per heavy atom. The molecule has 2 rings (SSSR count). The summed E-state index contributed by atoms with van der Waals surface area (Å²) in [5.74, 6) is 0. The van der Waals surface area contributed by atoms with Crippen LogP contribution in [0.15, 0.2) is 30.3 Å². The van der Waals surface area contributed by atoms with Crippen molar-refractivity contribution in [3.8, 4) is 0 Å². The molecule has 0 amide bonds. The Hall–Kier alpha value is -1.41. The van der Waals surface area contributed by atoms with Gasteiger partial charge in [-0.2, -0.15) is 0 Å². The zero-order valence-electron chi connectivity index (χ0n) is 8.33. The Morgan fingerprint density at radius 2 is 2.07 bits per heavy atom. The third-order valence-electron chi connectivity index (χ3n) is 2.30. The van der Waals surface area contributed by atoms with Gasteiger partial charge in [-0.3, -0.25) is 4.98 Å². The molecule has 1 heterocycles. The molecule has 0 radical (unpaired) electrons. The minimum absolute atomic E-state index is 0.657. The molecule has 72 valence electrons. The zero-order valence-corrected chi connectivity index (χ0v) is 8.33. The number of nitrogens with zero attached hydrogens (tertiary/aromatic N) is 1. The topological polar surface area (TPSA) is 38.9 Å². The Balaban J connectivity index is 2.50. The van der Waals surface area contributed by atoms with E-state index >= 15 is 0 Å². The highest BCUT2D eigenvalue weighted by Crippen LogP contribution is 2.14. The first-order chi connectivity index (χ1) is 6.79. The van der Waals surface area contributed by atoms with E-state index in [0.29, 0.717) is 6.54 Å². The molecule has 0 aliphatic heterocycles. The van der Waals surface area contributed by atoms with Crippen molar-refractivity contribution in [1.29, 1.82) is 0 Å². The smallest absolute Gasteiger partial charge is 0.0705 e. The molecule has 0 saturated heterocycles. The van der Waals surface area contributed by atoms with Crippen LogP contribution in [0.4, 0.5) is 0 Å². The lowest BCUT2D eigenvalue weighted by Gasteiger charge is -2.02. The number of fused-ring (bicyclic) bond motifs is 1. The lowest BCUT2D eigenvalue weighted by atomic mass is 10.1. The molecule has 2 N–H and O–H groups in total. The van der Waals surface area contributed by atoms with Gasteiger partial charge in [0, 0.05) is 17.5 Å². The number of benzene rings is 1. The predicted molar refractivity (Wildman–Crippen MR) is 59.2 cm³/mol. The molecule has 2 aromatic rings. The zero-order chi connectivity index (χ0) is 9.97. The maximum Gasteiger partial charge on any atom is 0.0705 e. The van der Waals surface area contributed by atoms with Crippen LogP contribution in [0.25, 0.3) is 10.9 Å². The first-order valence-corrected chi connectivity index (χ1v) is 4.86. The van der Waals surface area contributed by atoms with E-state index in [0.717, 1.165) is 17.6 Å². The largest absolute Gasteiger partial charge is 0.330 e. The van der Waals surface area contributed by atoms with E-state index < -0.39 is 0 Å². The fraction of sp³-hybridized carbons (Fsp3) is 0.250. The molecule has 0 fully saturated rings. The van der Waals surface area contributed by atoms with Crippen LogP contribution in [0.1, 0.15) is 11.3 Å². The number of rotatable bonds is 2. The van der Waals surface area contributed by atoms with Gasteiger partial charge >= 0.3 is 0 Å². The van der Waals surface area contributed by atoms with Gasteiger partial charge in [0.05, 0.1) is 5.52 Å². The molecular formula is C12H14N2. The summed E-state index contributed by atoms with van der Waals surface area (Å²) in [6, 6.07) is 10.5. The first kappa shape index (κ1) is 9.16. The van der Waals surface area contributed by atoms with Crippen molar-refractivity contribution < 1.29 is 0 Å². The highest BCUT2D eigenvalue weighted by atomic mass is 14.7. The number of aromatic nitrogens is 1. The van der Waals surface area contributed by atoms with Gasteiger partial charge in [-0.1, -0.05) is 17.7 Å². The lowest BCUT2D eigenvalue weighted by Crippen LogP contribution is -2.04. The van der Waals surface area contributed by atoms with Gasteiger partial charge in [-0.25, -0.2) is 0 Å². The molecule has 14 heavy (non-hydrogen) atoms. The maximum atomic E-state index is 5.49. The van der Waals surface area contributed by atoms with Crippen LogP contribution in [0.3, 0.4) is 0 Å². The van der Waals surface area contributed by atoms with E-state index in [1.807, 2.05) is 0 Å². The van der Waals surface area contributed by atoms with Crippen molar-refractivity contribution in [2.75, 3.05) is 6.54 Å². The molecule has 0 saturated carbocycles. The molecule has 0 aliphatic carbocycles. The monoisotopic (exact) mass is 186 g/mol. The average Bonchev–Trinajstić information content (AvgIpc) is 2.19. The van der Waals surface area contributed by atoms with Gasteiger partial charge in [-0.05, 0) is 31.7 Å². The van der Waals surface area contributed by atoms with E-state index in [-0.39, 0.29) is 0 Å². The number of hydrogen-bond donors (Lipinski definition) is 1. The molecule has 0 aliphatic rings. The Kier molecular flexibility index (Phi) is 2.46. The molecule has 2 heteroatoms. The molecule has 0 spiro atoms. The number of pyridine rings is 1. The Morgan fingerprint density at radius 3 is 2.86 bits per heavy atom. The maximum absolute atomic E-state index is 5.49. The summed E-state index contributed by atoms with van der Waals surface area (Å²) in [5.41, 5.74) is 8.89. The second-order valence-electron chi connectivity index (χ2n) is 3.54. The van der Waals surface area contributed by atoms with E-state index in [1.165, 1.54) is 10.9 Å². The number of hydrogen-bond acceptors (Lipinski definition) is 2. The third kappa shape index (κ3) is 1.75. The third-order valence-corrected chi connectivity index (χ3v) is 2.30. The van der Waals surface area contributed by atoms with E-state index in [4.69, 9.17) is 5.73 Å². The van der Waals surface area contributed by atoms with Crippen LogP contribution >= 0.6 is 0 Å². The number of nitrogens with two attached hydrogens (primary N) is 1. The van der Waals surface area contributed by atoms with Crippen molar-refractivity contribution in [1.82, 2.24) is 4.98 Å².